The monoisotopic (exact) mass is 220 g/mol. The first-order valence-corrected chi connectivity index (χ1v) is 6.46. The van der Waals surface area contributed by atoms with Gasteiger partial charge in [0.1, 0.15) is 0 Å². The molecule has 0 unspecified atom stereocenters. The third-order valence-electron chi connectivity index (χ3n) is 2.84. The third-order valence-corrected chi connectivity index (χ3v) is 3.57. The van der Waals surface area contributed by atoms with Crippen LogP contribution in [0.25, 0.3) is 0 Å². The van der Waals surface area contributed by atoms with Crippen LogP contribution in [0.15, 0.2) is 16.8 Å². The van der Waals surface area contributed by atoms with Gasteiger partial charge in [0.25, 0.3) is 0 Å². The summed E-state index contributed by atoms with van der Waals surface area (Å²) in [7, 11) is 0. The first kappa shape index (κ1) is 10.7. The van der Waals surface area contributed by atoms with E-state index in [9.17, 15) is 0 Å². The Kier molecular flexibility index (Phi) is 3.76. The highest BCUT2D eigenvalue weighted by Gasteiger charge is 2.27. The topological polar surface area (TPSA) is 27.0 Å². The van der Waals surface area contributed by atoms with Crippen molar-refractivity contribution in [2.45, 2.75) is 31.7 Å². The molecule has 0 radical (unpaired) electrons. The Morgan fingerprint density at radius 3 is 2.93 bits per heavy atom. The van der Waals surface area contributed by atoms with Gasteiger partial charge in [0.05, 0.1) is 6.07 Å². The molecule has 0 saturated heterocycles. The van der Waals surface area contributed by atoms with Gasteiger partial charge in [0, 0.05) is 25.6 Å². The number of hydrogen-bond donors (Lipinski definition) is 0. The summed E-state index contributed by atoms with van der Waals surface area (Å²) in [5.41, 5.74) is 1.43. The van der Waals surface area contributed by atoms with E-state index in [1.165, 1.54) is 18.4 Å². The van der Waals surface area contributed by atoms with Crippen molar-refractivity contribution in [1.82, 2.24) is 4.90 Å². The van der Waals surface area contributed by atoms with Crippen molar-refractivity contribution in [3.05, 3.63) is 22.4 Å². The predicted octanol–water partition coefficient (Wildman–Crippen LogP) is 2.67. The molecule has 2 nitrogen and oxygen atoms in total. The minimum absolute atomic E-state index is 0.667. The van der Waals surface area contributed by atoms with Gasteiger partial charge in [-0.3, -0.25) is 4.90 Å². The average Bonchev–Trinajstić information content (AvgIpc) is 2.95. The lowest BCUT2D eigenvalue weighted by Crippen LogP contribution is -2.29. The summed E-state index contributed by atoms with van der Waals surface area (Å²) in [5, 5.41) is 12.9. The molecule has 0 atom stereocenters. The summed E-state index contributed by atoms with van der Waals surface area (Å²) in [6.07, 6.45) is 4.45. The molecule has 2 rings (SSSR count). The van der Waals surface area contributed by atoms with Gasteiger partial charge in [-0.1, -0.05) is 0 Å². The number of thiophene rings is 1. The van der Waals surface area contributed by atoms with E-state index in [0.29, 0.717) is 6.42 Å². The molecule has 1 saturated carbocycles. The highest BCUT2D eigenvalue weighted by Crippen LogP contribution is 2.27. The van der Waals surface area contributed by atoms with Gasteiger partial charge in [-0.2, -0.15) is 16.6 Å². The second-order valence-electron chi connectivity index (χ2n) is 4.06. The van der Waals surface area contributed by atoms with Crippen molar-refractivity contribution < 1.29 is 0 Å². The molecule has 80 valence electrons. The van der Waals surface area contributed by atoms with Crippen LogP contribution in [0.2, 0.25) is 0 Å². The van der Waals surface area contributed by atoms with E-state index < -0.39 is 0 Å². The van der Waals surface area contributed by atoms with Crippen LogP contribution in [0.4, 0.5) is 0 Å². The SMILES string of the molecule is N#CCCN(CCc1ccsc1)C1CC1. The highest BCUT2D eigenvalue weighted by atomic mass is 32.1. The largest absolute Gasteiger partial charge is 0.299 e. The van der Waals surface area contributed by atoms with E-state index in [1.54, 1.807) is 11.3 Å². The lowest BCUT2D eigenvalue weighted by atomic mass is 10.2. The maximum absolute atomic E-state index is 8.59. The molecule has 1 aliphatic rings. The van der Waals surface area contributed by atoms with E-state index in [0.717, 1.165) is 25.6 Å². The molecule has 0 spiro atoms. The maximum atomic E-state index is 8.59. The van der Waals surface area contributed by atoms with Gasteiger partial charge >= 0.3 is 0 Å². The number of nitrogens with zero attached hydrogens (tertiary/aromatic N) is 2. The normalized spacial score (nSPS) is 15.5. The molecule has 3 heteroatoms. The molecule has 1 heterocycles. The smallest absolute Gasteiger partial charge is 0.0635 e. The van der Waals surface area contributed by atoms with Crippen LogP contribution in [0.5, 0.6) is 0 Å². The van der Waals surface area contributed by atoms with Crippen LogP contribution in [0.3, 0.4) is 0 Å². The average molecular weight is 220 g/mol. The Labute approximate surface area is 95.1 Å². The second-order valence-corrected chi connectivity index (χ2v) is 4.84. The van der Waals surface area contributed by atoms with Crippen LogP contribution in [0.1, 0.15) is 24.8 Å². The quantitative estimate of drug-likeness (QED) is 0.737. The summed E-state index contributed by atoms with van der Waals surface area (Å²) in [4.78, 5) is 2.47. The zero-order chi connectivity index (χ0) is 10.5. The zero-order valence-electron chi connectivity index (χ0n) is 8.85. The Balaban J connectivity index is 1.76. The molecule has 1 aliphatic carbocycles. The molecule has 15 heavy (non-hydrogen) atoms. The van der Waals surface area contributed by atoms with E-state index in [-0.39, 0.29) is 0 Å². The number of rotatable bonds is 6. The van der Waals surface area contributed by atoms with Crippen LogP contribution in [-0.4, -0.2) is 24.0 Å². The lowest BCUT2D eigenvalue weighted by molar-refractivity contribution is 0.273. The van der Waals surface area contributed by atoms with E-state index in [2.05, 4.69) is 27.8 Å². The molecule has 0 bridgehead atoms. The van der Waals surface area contributed by atoms with Crippen molar-refractivity contribution in [2.24, 2.45) is 0 Å². The molecule has 1 fully saturated rings. The number of nitriles is 1. The summed E-state index contributed by atoms with van der Waals surface area (Å²) in [6.45, 7) is 2.06. The standard InChI is InChI=1S/C12H16N2S/c13-6-1-7-14(12-2-3-12)8-4-11-5-9-15-10-11/h5,9-10,12H,1-4,7-8H2. The fraction of sp³-hybridized carbons (Fsp3) is 0.583. The fourth-order valence-corrected chi connectivity index (χ4v) is 2.52. The molecule has 0 aromatic carbocycles. The van der Waals surface area contributed by atoms with Gasteiger partial charge in [0.2, 0.25) is 0 Å². The van der Waals surface area contributed by atoms with Crippen molar-refractivity contribution in [2.75, 3.05) is 13.1 Å². The maximum Gasteiger partial charge on any atom is 0.0635 e. The Bertz CT molecular complexity index is 322. The van der Waals surface area contributed by atoms with Crippen LogP contribution in [0, 0.1) is 11.3 Å². The first-order valence-electron chi connectivity index (χ1n) is 5.52. The Hall–Kier alpha value is -0.850. The van der Waals surface area contributed by atoms with E-state index in [4.69, 9.17) is 5.26 Å². The van der Waals surface area contributed by atoms with E-state index in [1.807, 2.05) is 0 Å². The zero-order valence-corrected chi connectivity index (χ0v) is 9.67. The number of hydrogen-bond acceptors (Lipinski definition) is 3. The first-order chi connectivity index (χ1) is 7.40. The minimum Gasteiger partial charge on any atom is -0.299 e. The van der Waals surface area contributed by atoms with Gasteiger partial charge in [-0.15, -0.1) is 0 Å². The summed E-state index contributed by atoms with van der Waals surface area (Å²) in [6, 6.07) is 5.20. The second kappa shape index (κ2) is 5.29. The molecule has 1 aromatic heterocycles. The molecule has 0 amide bonds. The molecule has 0 N–H and O–H groups in total. The third kappa shape index (κ3) is 3.33. The molecular formula is C12H16N2S. The lowest BCUT2D eigenvalue weighted by Gasteiger charge is -2.20. The van der Waals surface area contributed by atoms with Crippen molar-refractivity contribution >= 4 is 11.3 Å². The van der Waals surface area contributed by atoms with E-state index >= 15 is 0 Å². The van der Waals surface area contributed by atoms with Gasteiger partial charge in [-0.25, -0.2) is 0 Å². The summed E-state index contributed by atoms with van der Waals surface area (Å²) in [5.74, 6) is 0. The predicted molar refractivity (Wildman–Crippen MR) is 62.8 cm³/mol. The van der Waals surface area contributed by atoms with Gasteiger partial charge < -0.3 is 0 Å². The van der Waals surface area contributed by atoms with Crippen molar-refractivity contribution in [3.8, 4) is 6.07 Å². The fourth-order valence-electron chi connectivity index (χ4n) is 1.82. The molecular weight excluding hydrogens is 204 g/mol. The minimum atomic E-state index is 0.667. The van der Waals surface area contributed by atoms with Crippen molar-refractivity contribution in [1.29, 1.82) is 5.26 Å². The van der Waals surface area contributed by atoms with Gasteiger partial charge in [-0.05, 0) is 41.7 Å². The molecule has 0 aliphatic heterocycles. The van der Waals surface area contributed by atoms with Crippen LogP contribution in [-0.2, 0) is 6.42 Å². The Morgan fingerprint density at radius 1 is 1.47 bits per heavy atom. The summed E-state index contributed by atoms with van der Waals surface area (Å²) >= 11 is 1.76. The highest BCUT2D eigenvalue weighted by molar-refractivity contribution is 7.07. The Morgan fingerprint density at radius 2 is 2.33 bits per heavy atom. The van der Waals surface area contributed by atoms with Gasteiger partial charge in [0.15, 0.2) is 0 Å². The summed E-state index contributed by atoms with van der Waals surface area (Å²) < 4.78 is 0. The van der Waals surface area contributed by atoms with Crippen LogP contribution < -0.4 is 0 Å². The van der Waals surface area contributed by atoms with Crippen molar-refractivity contribution in [3.63, 3.8) is 0 Å². The molecule has 1 aromatic rings. The van der Waals surface area contributed by atoms with Crippen LogP contribution >= 0.6 is 11.3 Å².